The van der Waals surface area contributed by atoms with E-state index >= 15 is 0 Å². The minimum absolute atomic E-state index is 0.0193. The Bertz CT molecular complexity index is 1520. The van der Waals surface area contributed by atoms with Crippen LogP contribution in [0.2, 0.25) is 0 Å². The fourth-order valence-corrected chi connectivity index (χ4v) is 5.94. The summed E-state index contributed by atoms with van der Waals surface area (Å²) in [6, 6.07) is 6.29. The van der Waals surface area contributed by atoms with Crippen molar-refractivity contribution in [1.29, 1.82) is 0 Å². The van der Waals surface area contributed by atoms with Crippen molar-refractivity contribution in [3.05, 3.63) is 76.4 Å². The molecule has 2 aromatic rings. The van der Waals surface area contributed by atoms with Gasteiger partial charge in [-0.15, -0.1) is 0 Å². The molecule has 2 aromatic carbocycles. The number of fused-ring (bicyclic) bond motifs is 2. The summed E-state index contributed by atoms with van der Waals surface area (Å²) >= 11 is 0. The zero-order valence-electron chi connectivity index (χ0n) is 24.7. The van der Waals surface area contributed by atoms with Gasteiger partial charge in [-0.3, -0.25) is 28.9 Å². The molecule has 0 aliphatic carbocycles. The molecule has 0 unspecified atom stereocenters. The van der Waals surface area contributed by atoms with Crippen molar-refractivity contribution in [3.8, 4) is 0 Å². The maximum atomic E-state index is 14.1. The Labute approximate surface area is 252 Å². The van der Waals surface area contributed by atoms with Crippen LogP contribution in [0.3, 0.4) is 0 Å². The molecule has 44 heavy (non-hydrogen) atoms. The van der Waals surface area contributed by atoms with Crippen molar-refractivity contribution >= 4 is 29.3 Å². The number of benzene rings is 2. The van der Waals surface area contributed by atoms with Crippen LogP contribution < -0.4 is 10.6 Å². The number of nitrogens with zero attached hydrogens (tertiary/aromatic N) is 3. The average Bonchev–Trinajstić information content (AvgIpc) is 3.50. The summed E-state index contributed by atoms with van der Waals surface area (Å²) in [5.41, 5.74) is -2.16. The number of likely N-dealkylation sites (N-methyl/N-ethyl adjacent to an activating group) is 1. The van der Waals surface area contributed by atoms with Crippen molar-refractivity contribution in [2.24, 2.45) is 5.92 Å². The summed E-state index contributed by atoms with van der Waals surface area (Å²) in [7, 11) is 1.36. The highest BCUT2D eigenvalue weighted by Gasteiger charge is 2.59. The number of nitrogens with one attached hydrogen (secondary N) is 2. The van der Waals surface area contributed by atoms with E-state index in [0.717, 1.165) is 11.0 Å². The first-order chi connectivity index (χ1) is 20.6. The molecule has 0 radical (unpaired) electrons. The van der Waals surface area contributed by atoms with Gasteiger partial charge in [0.2, 0.25) is 11.8 Å². The second-order valence-electron chi connectivity index (χ2n) is 11.6. The number of para-hydroxylation sites is 1. The van der Waals surface area contributed by atoms with Gasteiger partial charge in [-0.05, 0) is 48.6 Å². The molecule has 234 valence electrons. The number of amides is 4. The standard InChI is InChI=1S/C31H33F4N5O4/c1-6-22(37-26(41)19-12-11-18(32)14-21(19)31(33,34)35)27(42)39(5)24(13-17(2)3)28(43)40-16-30(15-25(40)36-4)20-9-7-8-10-23(20)38-29(30)44/h7-12,14,17,22,24-25H,6,13,15-16H2,1-3,5H3,(H,37,41)(H,38,44)/t22-,24-,25-,30-/m0/s1. The molecule has 0 saturated carbocycles. The van der Waals surface area contributed by atoms with Gasteiger partial charge in [0.1, 0.15) is 23.3 Å². The van der Waals surface area contributed by atoms with Crippen LogP contribution in [-0.2, 0) is 26.0 Å². The molecule has 4 atom stereocenters. The number of alkyl halides is 3. The van der Waals surface area contributed by atoms with Gasteiger partial charge in [-0.25, -0.2) is 11.0 Å². The lowest BCUT2D eigenvalue weighted by molar-refractivity contribution is -0.146. The molecule has 1 spiro atoms. The predicted octanol–water partition coefficient (Wildman–Crippen LogP) is 4.59. The van der Waals surface area contributed by atoms with E-state index in [1.165, 1.54) is 11.9 Å². The van der Waals surface area contributed by atoms with Gasteiger partial charge >= 0.3 is 12.3 Å². The zero-order valence-corrected chi connectivity index (χ0v) is 24.7. The lowest BCUT2D eigenvalue weighted by Crippen LogP contribution is -2.56. The molecule has 2 N–H and O–H groups in total. The quantitative estimate of drug-likeness (QED) is 0.335. The fourth-order valence-electron chi connectivity index (χ4n) is 5.94. The normalized spacial score (nSPS) is 20.6. The summed E-state index contributed by atoms with van der Waals surface area (Å²) in [5, 5.41) is 5.14. The Morgan fingerprint density at radius 1 is 1.20 bits per heavy atom. The molecule has 13 heteroatoms. The third-order valence-electron chi connectivity index (χ3n) is 8.23. The first kappa shape index (κ1) is 32.4. The number of likely N-dealkylation sites (tertiary alicyclic amines) is 1. The highest BCUT2D eigenvalue weighted by atomic mass is 19.4. The molecule has 4 rings (SSSR count). The zero-order chi connectivity index (χ0) is 32.6. The lowest BCUT2D eigenvalue weighted by Gasteiger charge is -2.34. The molecule has 2 heterocycles. The Kier molecular flexibility index (Phi) is 9.04. The van der Waals surface area contributed by atoms with Gasteiger partial charge in [0.05, 0.1) is 17.5 Å². The van der Waals surface area contributed by atoms with Crippen molar-refractivity contribution < 1.29 is 36.7 Å². The average molecular weight is 616 g/mol. The Morgan fingerprint density at radius 2 is 1.89 bits per heavy atom. The van der Waals surface area contributed by atoms with Crippen molar-refractivity contribution in [2.45, 2.75) is 69.9 Å². The molecule has 2 aliphatic rings. The maximum absolute atomic E-state index is 14.1. The number of rotatable bonds is 8. The van der Waals surface area contributed by atoms with E-state index in [9.17, 15) is 36.7 Å². The predicted molar refractivity (Wildman–Crippen MR) is 152 cm³/mol. The van der Waals surface area contributed by atoms with Gasteiger partial charge in [0, 0.05) is 19.3 Å². The largest absolute Gasteiger partial charge is 0.417 e. The second-order valence-corrected chi connectivity index (χ2v) is 11.6. The van der Waals surface area contributed by atoms with Crippen LogP contribution in [0.15, 0.2) is 42.5 Å². The third kappa shape index (κ3) is 5.98. The Hall–Kier alpha value is -4.47. The summed E-state index contributed by atoms with van der Waals surface area (Å²) < 4.78 is 54.2. The third-order valence-corrected chi connectivity index (χ3v) is 8.23. The van der Waals surface area contributed by atoms with E-state index in [1.54, 1.807) is 31.2 Å². The molecule has 4 amide bonds. The highest BCUT2D eigenvalue weighted by molar-refractivity contribution is 6.07. The minimum atomic E-state index is -5.02. The van der Waals surface area contributed by atoms with Gasteiger partial charge < -0.3 is 15.5 Å². The number of hydrogen-bond acceptors (Lipinski definition) is 4. The van der Waals surface area contributed by atoms with E-state index in [1.807, 2.05) is 13.8 Å². The smallest absolute Gasteiger partial charge is 0.340 e. The van der Waals surface area contributed by atoms with Crippen LogP contribution in [0.25, 0.3) is 4.85 Å². The van der Waals surface area contributed by atoms with Crippen LogP contribution in [0.5, 0.6) is 0 Å². The second kappa shape index (κ2) is 12.3. The molecule has 1 saturated heterocycles. The summed E-state index contributed by atoms with van der Waals surface area (Å²) in [4.78, 5) is 60.0. The summed E-state index contributed by atoms with van der Waals surface area (Å²) in [5.74, 6) is -4.09. The van der Waals surface area contributed by atoms with Gasteiger partial charge in [-0.2, -0.15) is 13.2 Å². The maximum Gasteiger partial charge on any atom is 0.417 e. The molecular formula is C31H33F4N5O4. The number of carbonyl (C=O) groups is 4. The van der Waals surface area contributed by atoms with Crippen LogP contribution in [0.4, 0.5) is 23.2 Å². The SMILES string of the molecule is [C-]#[N+][C@@H]1C[C@@]2(CN1C(=O)[C@H](CC(C)C)N(C)C(=O)[C@H](CC)NC(=O)c1ccc(F)cc1C(F)(F)F)C(=O)Nc1ccccc12. The Morgan fingerprint density at radius 3 is 2.50 bits per heavy atom. The lowest BCUT2D eigenvalue weighted by atomic mass is 9.80. The van der Waals surface area contributed by atoms with Crippen molar-refractivity contribution in [1.82, 2.24) is 15.1 Å². The molecule has 1 fully saturated rings. The van der Waals surface area contributed by atoms with E-state index < -0.39 is 64.5 Å². The molecular weight excluding hydrogens is 582 g/mol. The number of halogens is 4. The molecule has 9 nitrogen and oxygen atoms in total. The number of anilines is 1. The fraction of sp³-hybridized carbons (Fsp3) is 0.452. The van der Waals surface area contributed by atoms with Gasteiger partial charge in [-0.1, -0.05) is 39.0 Å². The summed E-state index contributed by atoms with van der Waals surface area (Å²) in [6.07, 6.45) is -5.76. The van der Waals surface area contributed by atoms with Gasteiger partial charge in [0.15, 0.2) is 0 Å². The summed E-state index contributed by atoms with van der Waals surface area (Å²) in [6.45, 7) is 12.9. The number of carbonyl (C=O) groups excluding carboxylic acids is 4. The van der Waals surface area contributed by atoms with E-state index in [4.69, 9.17) is 6.57 Å². The number of hydrogen-bond donors (Lipinski definition) is 2. The first-order valence-electron chi connectivity index (χ1n) is 14.2. The van der Waals surface area contributed by atoms with Crippen molar-refractivity contribution in [2.75, 3.05) is 18.9 Å². The minimum Gasteiger partial charge on any atom is -0.340 e. The van der Waals surface area contributed by atoms with E-state index in [-0.39, 0.29) is 43.7 Å². The van der Waals surface area contributed by atoms with Crippen LogP contribution >= 0.6 is 0 Å². The molecule has 2 aliphatic heterocycles. The van der Waals surface area contributed by atoms with E-state index in [0.29, 0.717) is 17.3 Å². The van der Waals surface area contributed by atoms with Crippen molar-refractivity contribution in [3.63, 3.8) is 0 Å². The monoisotopic (exact) mass is 615 g/mol. The molecule has 0 aromatic heterocycles. The van der Waals surface area contributed by atoms with Gasteiger partial charge in [0.25, 0.3) is 11.8 Å². The van der Waals surface area contributed by atoms with Crippen LogP contribution in [-0.4, -0.2) is 65.3 Å². The molecule has 0 bridgehead atoms. The van der Waals surface area contributed by atoms with E-state index in [2.05, 4.69) is 15.5 Å². The van der Waals surface area contributed by atoms with Crippen LogP contribution in [0, 0.1) is 18.3 Å². The topological polar surface area (TPSA) is 103 Å². The highest BCUT2D eigenvalue weighted by Crippen LogP contribution is 2.47. The first-order valence-corrected chi connectivity index (χ1v) is 14.2. The van der Waals surface area contributed by atoms with Crippen LogP contribution in [0.1, 0.15) is 61.5 Å². The Balaban J connectivity index is 1.59.